The molecule has 2 aromatic rings. The lowest BCUT2D eigenvalue weighted by molar-refractivity contribution is -0.319. The smallest absolute Gasteiger partial charge is 0.328 e. The van der Waals surface area contributed by atoms with E-state index in [9.17, 15) is 9.90 Å². The molecular weight excluding hydrogens is 392 g/mol. The maximum atomic E-state index is 13.0. The molecular formula is C22H25ClN2O4. The number of carbonyl (C=O) groups is 1. The van der Waals surface area contributed by atoms with Crippen LogP contribution in [-0.4, -0.2) is 52.5 Å². The topological polar surface area (TPSA) is 71.0 Å². The summed E-state index contributed by atoms with van der Waals surface area (Å²) in [5.41, 5.74) is -1.15. The van der Waals surface area contributed by atoms with Crippen LogP contribution in [0.15, 0.2) is 42.5 Å². The molecule has 29 heavy (non-hydrogen) atoms. The number of ether oxygens (including phenoxy) is 1. The molecule has 0 amide bonds. The molecule has 2 saturated heterocycles. The summed E-state index contributed by atoms with van der Waals surface area (Å²) in [5, 5.41) is 18.2. The predicted molar refractivity (Wildman–Crippen MR) is 109 cm³/mol. The van der Waals surface area contributed by atoms with Gasteiger partial charge in [0, 0.05) is 24.8 Å². The largest absolute Gasteiger partial charge is 0.425 e. The van der Waals surface area contributed by atoms with E-state index in [2.05, 4.69) is 5.32 Å². The minimum atomic E-state index is -1.15. The number of nitrogens with one attached hydrogen (secondary N) is 1. The maximum absolute atomic E-state index is 13.0. The minimum absolute atomic E-state index is 0.0506. The Morgan fingerprint density at radius 3 is 2.93 bits per heavy atom. The molecule has 0 spiro atoms. The third kappa shape index (κ3) is 3.14. The zero-order valence-electron chi connectivity index (χ0n) is 16.3. The van der Waals surface area contributed by atoms with Crippen molar-refractivity contribution in [3.63, 3.8) is 0 Å². The number of fused-ring (bicyclic) bond motifs is 4. The first kappa shape index (κ1) is 19.3. The van der Waals surface area contributed by atoms with E-state index in [-0.39, 0.29) is 23.8 Å². The quantitative estimate of drug-likeness (QED) is 0.445. The Morgan fingerprint density at radius 1 is 1.28 bits per heavy atom. The molecule has 1 aliphatic carbocycles. The van der Waals surface area contributed by atoms with Crippen LogP contribution >= 0.6 is 11.6 Å². The van der Waals surface area contributed by atoms with Gasteiger partial charge in [0.25, 0.3) is 0 Å². The third-order valence-electron chi connectivity index (χ3n) is 6.69. The molecule has 0 radical (unpaired) electrons. The van der Waals surface area contributed by atoms with E-state index in [1.807, 2.05) is 43.4 Å². The van der Waals surface area contributed by atoms with Crippen LogP contribution in [0.2, 0.25) is 0 Å². The number of carbonyl (C=O) groups excluding carboxylic acids is 1. The summed E-state index contributed by atoms with van der Waals surface area (Å²) in [7, 11) is 1.85. The average molecular weight is 417 g/mol. The highest BCUT2D eigenvalue weighted by Crippen LogP contribution is 2.47. The summed E-state index contributed by atoms with van der Waals surface area (Å²) in [5.74, 6) is 0.0572. The summed E-state index contributed by atoms with van der Waals surface area (Å²) in [4.78, 5) is 18.9. The Hall–Kier alpha value is -1.70. The molecule has 6 nitrogen and oxygen atoms in total. The highest BCUT2D eigenvalue weighted by molar-refractivity contribution is 6.21. The van der Waals surface area contributed by atoms with Gasteiger partial charge < -0.3 is 9.84 Å². The first-order chi connectivity index (χ1) is 14.0. The number of nitrogens with zero attached hydrogens (tertiary/aromatic N) is 1. The number of hydrogen-bond donors (Lipinski definition) is 2. The van der Waals surface area contributed by atoms with Crippen molar-refractivity contribution >= 4 is 28.3 Å². The number of benzene rings is 2. The fourth-order valence-electron chi connectivity index (χ4n) is 5.29. The number of alkyl halides is 1. The Kier molecular flexibility index (Phi) is 4.80. The molecule has 3 unspecified atom stereocenters. The summed E-state index contributed by atoms with van der Waals surface area (Å²) >= 11 is 6.55. The molecule has 7 heteroatoms. The highest BCUT2D eigenvalue weighted by atomic mass is 35.5. The first-order valence-corrected chi connectivity index (χ1v) is 10.6. The van der Waals surface area contributed by atoms with Crippen molar-refractivity contribution in [1.82, 2.24) is 10.4 Å². The maximum Gasteiger partial charge on any atom is 0.328 e. The molecule has 2 aliphatic heterocycles. The van der Waals surface area contributed by atoms with Gasteiger partial charge in [-0.1, -0.05) is 42.8 Å². The standard InChI is InChI=1S/C22H25ClN2O4/c1-25-19-15(9-5-10-16(19)23)22(27)12-17(24-21(22)29-25)20(26)28-18-11-4-7-13-6-2-3-8-14(13)18/h2-4,6-8,11,15-17,19,21,24,27H,5,9-10,12H2,1H3/t15?,16?,17-,19?,21+,22+/m0/s1. The van der Waals surface area contributed by atoms with Crippen molar-refractivity contribution in [2.75, 3.05) is 7.05 Å². The van der Waals surface area contributed by atoms with Gasteiger partial charge in [-0.05, 0) is 24.3 Å². The Labute approximate surface area is 174 Å². The second-order valence-corrected chi connectivity index (χ2v) is 8.95. The van der Waals surface area contributed by atoms with Gasteiger partial charge in [0.2, 0.25) is 0 Å². The Morgan fingerprint density at radius 2 is 2.07 bits per heavy atom. The third-order valence-corrected chi connectivity index (χ3v) is 7.17. The summed E-state index contributed by atoms with van der Waals surface area (Å²) in [6, 6.07) is 12.7. The second-order valence-electron chi connectivity index (χ2n) is 8.39. The lowest BCUT2D eigenvalue weighted by Crippen LogP contribution is -2.66. The van der Waals surface area contributed by atoms with E-state index in [0.717, 1.165) is 30.0 Å². The monoisotopic (exact) mass is 416 g/mol. The lowest BCUT2D eigenvalue weighted by atomic mass is 9.71. The van der Waals surface area contributed by atoms with Gasteiger partial charge in [0.05, 0.1) is 11.4 Å². The number of aliphatic hydroxyl groups is 1. The minimum Gasteiger partial charge on any atom is -0.425 e. The molecule has 0 bridgehead atoms. The normalized spacial score (nSPS) is 37.1. The van der Waals surface area contributed by atoms with Crippen molar-refractivity contribution in [3.05, 3.63) is 42.5 Å². The van der Waals surface area contributed by atoms with Crippen molar-refractivity contribution < 1.29 is 19.5 Å². The van der Waals surface area contributed by atoms with Crippen LogP contribution in [0.25, 0.3) is 10.8 Å². The number of hydrogen-bond acceptors (Lipinski definition) is 6. The number of halogens is 1. The van der Waals surface area contributed by atoms with Gasteiger partial charge in [0.15, 0.2) is 6.23 Å². The molecule has 6 atom stereocenters. The van der Waals surface area contributed by atoms with E-state index >= 15 is 0 Å². The lowest BCUT2D eigenvalue weighted by Gasteiger charge is -2.53. The predicted octanol–water partition coefficient (Wildman–Crippen LogP) is 2.82. The SMILES string of the molecule is CN1O[C@H]2N[C@H](C(=O)Oc3cccc4ccccc34)C[C@@]2(O)C2CCCC(Cl)C21. The van der Waals surface area contributed by atoms with Gasteiger partial charge in [-0.3, -0.25) is 10.2 Å². The van der Waals surface area contributed by atoms with Crippen molar-refractivity contribution in [2.45, 2.75) is 55.0 Å². The molecule has 2 aromatic carbocycles. The number of hydroxylamine groups is 2. The highest BCUT2D eigenvalue weighted by Gasteiger charge is 2.61. The van der Waals surface area contributed by atoms with E-state index in [1.54, 1.807) is 11.1 Å². The zero-order valence-corrected chi connectivity index (χ0v) is 17.0. The molecule has 3 fully saturated rings. The molecule has 5 rings (SSSR count). The molecule has 154 valence electrons. The molecule has 0 aromatic heterocycles. The Balaban J connectivity index is 1.38. The fourth-order valence-corrected chi connectivity index (χ4v) is 5.78. The van der Waals surface area contributed by atoms with Crippen LogP contribution < -0.4 is 10.1 Å². The fraction of sp³-hybridized carbons (Fsp3) is 0.500. The van der Waals surface area contributed by atoms with Gasteiger partial charge in [-0.25, -0.2) is 4.79 Å². The Bertz CT molecular complexity index is 935. The van der Waals surface area contributed by atoms with E-state index in [1.165, 1.54) is 0 Å². The zero-order chi connectivity index (χ0) is 20.2. The van der Waals surface area contributed by atoms with Crippen LogP contribution in [0.4, 0.5) is 0 Å². The van der Waals surface area contributed by atoms with Gasteiger partial charge >= 0.3 is 5.97 Å². The summed E-state index contributed by atoms with van der Waals surface area (Å²) < 4.78 is 5.74. The van der Waals surface area contributed by atoms with Crippen LogP contribution in [0.1, 0.15) is 25.7 Å². The molecule has 2 N–H and O–H groups in total. The number of rotatable bonds is 2. The van der Waals surface area contributed by atoms with Crippen molar-refractivity contribution in [1.29, 1.82) is 0 Å². The summed E-state index contributed by atoms with van der Waals surface area (Å²) in [6.45, 7) is 0. The number of esters is 1. The average Bonchev–Trinajstić information content (AvgIpc) is 3.06. The van der Waals surface area contributed by atoms with Gasteiger partial charge in [0.1, 0.15) is 17.4 Å². The molecule has 1 saturated carbocycles. The van der Waals surface area contributed by atoms with Crippen LogP contribution in [0.5, 0.6) is 5.75 Å². The van der Waals surface area contributed by atoms with Gasteiger partial charge in [-0.15, -0.1) is 11.6 Å². The van der Waals surface area contributed by atoms with Crippen molar-refractivity contribution in [2.24, 2.45) is 5.92 Å². The molecule has 2 heterocycles. The van der Waals surface area contributed by atoms with Gasteiger partial charge in [-0.2, -0.15) is 5.06 Å². The van der Waals surface area contributed by atoms with Crippen LogP contribution in [0.3, 0.4) is 0 Å². The van der Waals surface area contributed by atoms with Crippen molar-refractivity contribution in [3.8, 4) is 5.75 Å². The first-order valence-electron chi connectivity index (χ1n) is 10.2. The van der Waals surface area contributed by atoms with Crippen LogP contribution in [0, 0.1) is 5.92 Å². The second kappa shape index (κ2) is 7.22. The molecule has 3 aliphatic rings. The van der Waals surface area contributed by atoms with E-state index in [4.69, 9.17) is 21.2 Å². The van der Waals surface area contributed by atoms with E-state index in [0.29, 0.717) is 5.75 Å². The van der Waals surface area contributed by atoms with E-state index < -0.39 is 23.8 Å². The van der Waals surface area contributed by atoms with Crippen LogP contribution in [-0.2, 0) is 9.63 Å². The summed E-state index contributed by atoms with van der Waals surface area (Å²) in [6.07, 6.45) is 2.32.